The van der Waals surface area contributed by atoms with Crippen LogP contribution in [0, 0.1) is 0 Å². The molecule has 0 bridgehead atoms. The summed E-state index contributed by atoms with van der Waals surface area (Å²) < 4.78 is 2.12. The lowest BCUT2D eigenvalue weighted by molar-refractivity contribution is 1.14. The van der Waals surface area contributed by atoms with Gasteiger partial charge in [0, 0.05) is 16.0 Å². The minimum atomic E-state index is 0.623. The summed E-state index contributed by atoms with van der Waals surface area (Å²) in [5, 5.41) is 4.73. The topological polar surface area (TPSA) is 24.9 Å². The van der Waals surface area contributed by atoms with Crippen LogP contribution in [0.3, 0.4) is 0 Å². The van der Waals surface area contributed by atoms with Crippen LogP contribution in [0.25, 0.3) is 10.2 Å². The number of rotatable bonds is 3. The molecule has 0 amide bonds. The number of hydrogen-bond donors (Lipinski definition) is 1. The Morgan fingerprint density at radius 2 is 2.05 bits per heavy atom. The summed E-state index contributed by atoms with van der Waals surface area (Å²) in [5.41, 5.74) is 4.65. The number of aromatic nitrogens is 1. The lowest BCUT2D eigenvalue weighted by Gasteiger charge is -2.11. The molecule has 0 aliphatic heterocycles. The fraction of sp³-hybridized carbons (Fsp3) is 0.0714. The van der Waals surface area contributed by atoms with Crippen molar-refractivity contribution in [1.29, 1.82) is 0 Å². The summed E-state index contributed by atoms with van der Waals surface area (Å²) in [6.07, 6.45) is 0. The predicted octanol–water partition coefficient (Wildman–Crippen LogP) is 5.98. The fourth-order valence-corrected chi connectivity index (χ4v) is 3.42. The molecule has 0 unspecified atom stereocenters. The Kier molecular flexibility index (Phi) is 4.17. The summed E-state index contributed by atoms with van der Waals surface area (Å²) in [4.78, 5) is 4.37. The molecule has 2 nitrogen and oxygen atoms in total. The Hall–Kier alpha value is -0.810. The van der Waals surface area contributed by atoms with E-state index in [0.717, 1.165) is 25.9 Å². The summed E-state index contributed by atoms with van der Waals surface area (Å²) in [5.74, 6) is 0. The fourth-order valence-electron chi connectivity index (χ4n) is 1.94. The molecule has 3 rings (SSSR count). The molecule has 6 heteroatoms. The number of nitrogens with zero attached hydrogens (tertiary/aromatic N) is 1. The van der Waals surface area contributed by atoms with E-state index >= 15 is 0 Å². The maximum absolute atomic E-state index is 6.26. The first-order chi connectivity index (χ1) is 9.65. The smallest absolute Gasteiger partial charge is 0.106 e. The molecule has 0 saturated heterocycles. The SMILES string of the molecule is Clc1ccc(Br)c(CNc2c(Cl)ccc3scnc23)c1. The number of halogens is 3. The van der Waals surface area contributed by atoms with Gasteiger partial charge in [-0.15, -0.1) is 11.3 Å². The van der Waals surface area contributed by atoms with Gasteiger partial charge >= 0.3 is 0 Å². The average Bonchev–Trinajstić information content (AvgIpc) is 2.90. The van der Waals surface area contributed by atoms with E-state index in [1.165, 1.54) is 0 Å². The van der Waals surface area contributed by atoms with Gasteiger partial charge in [0.2, 0.25) is 0 Å². The van der Waals surface area contributed by atoms with Crippen LogP contribution < -0.4 is 5.32 Å². The zero-order valence-electron chi connectivity index (χ0n) is 10.2. The first-order valence-electron chi connectivity index (χ1n) is 5.84. The van der Waals surface area contributed by atoms with Gasteiger partial charge in [-0.3, -0.25) is 0 Å². The highest BCUT2D eigenvalue weighted by molar-refractivity contribution is 9.10. The second-order valence-corrected chi connectivity index (χ2v) is 6.80. The van der Waals surface area contributed by atoms with Crippen molar-refractivity contribution in [3.63, 3.8) is 0 Å². The zero-order chi connectivity index (χ0) is 14.1. The monoisotopic (exact) mass is 386 g/mol. The third-order valence-corrected chi connectivity index (χ3v) is 5.03. The van der Waals surface area contributed by atoms with Gasteiger partial charge in [-0.2, -0.15) is 0 Å². The summed E-state index contributed by atoms with van der Waals surface area (Å²) in [6, 6.07) is 9.58. The lowest BCUT2D eigenvalue weighted by atomic mass is 10.2. The molecule has 0 aliphatic carbocycles. The molecule has 0 saturated carbocycles. The van der Waals surface area contributed by atoms with Crippen LogP contribution in [0.15, 0.2) is 40.3 Å². The molecular formula is C14H9BrCl2N2S. The van der Waals surface area contributed by atoms with Gasteiger partial charge in [-0.1, -0.05) is 39.1 Å². The normalized spacial score (nSPS) is 10.9. The van der Waals surface area contributed by atoms with E-state index in [4.69, 9.17) is 23.2 Å². The molecule has 1 heterocycles. The summed E-state index contributed by atoms with van der Waals surface area (Å²) in [7, 11) is 0. The van der Waals surface area contributed by atoms with Crippen LogP contribution in [-0.2, 0) is 6.54 Å². The number of fused-ring (bicyclic) bond motifs is 1. The van der Waals surface area contributed by atoms with Gasteiger partial charge in [0.1, 0.15) is 5.52 Å². The van der Waals surface area contributed by atoms with Gasteiger partial charge in [0.25, 0.3) is 0 Å². The van der Waals surface area contributed by atoms with Crippen molar-refractivity contribution in [1.82, 2.24) is 4.98 Å². The first-order valence-corrected chi connectivity index (χ1v) is 8.27. The average molecular weight is 388 g/mol. The highest BCUT2D eigenvalue weighted by atomic mass is 79.9. The highest BCUT2D eigenvalue weighted by Gasteiger charge is 2.09. The van der Waals surface area contributed by atoms with Gasteiger partial charge < -0.3 is 5.32 Å². The van der Waals surface area contributed by atoms with E-state index in [1.807, 2.05) is 35.8 Å². The molecule has 102 valence electrons. The number of nitrogens with one attached hydrogen (secondary N) is 1. The summed E-state index contributed by atoms with van der Waals surface area (Å²) in [6.45, 7) is 0.623. The van der Waals surface area contributed by atoms with Crippen molar-refractivity contribution in [3.05, 3.63) is 55.9 Å². The number of hydrogen-bond acceptors (Lipinski definition) is 3. The van der Waals surface area contributed by atoms with Crippen molar-refractivity contribution in [2.75, 3.05) is 5.32 Å². The molecular weight excluding hydrogens is 379 g/mol. The Morgan fingerprint density at radius 1 is 1.20 bits per heavy atom. The quantitative estimate of drug-likeness (QED) is 0.598. The van der Waals surface area contributed by atoms with Crippen LogP contribution in [0.2, 0.25) is 10.0 Å². The second-order valence-electron chi connectivity index (χ2n) is 4.21. The standard InChI is InChI=1S/C14H9BrCl2N2S/c15-10-2-1-9(16)5-8(10)6-18-13-11(17)3-4-12-14(13)19-7-20-12/h1-5,7,18H,6H2. The van der Waals surface area contributed by atoms with Gasteiger partial charge in [-0.05, 0) is 35.9 Å². The Bertz CT molecular complexity index is 773. The minimum Gasteiger partial charge on any atom is -0.378 e. The van der Waals surface area contributed by atoms with Crippen molar-refractivity contribution >= 4 is 66.4 Å². The van der Waals surface area contributed by atoms with E-state index < -0.39 is 0 Å². The van der Waals surface area contributed by atoms with E-state index in [-0.39, 0.29) is 0 Å². The molecule has 1 N–H and O–H groups in total. The lowest BCUT2D eigenvalue weighted by Crippen LogP contribution is -2.01. The highest BCUT2D eigenvalue weighted by Crippen LogP contribution is 2.33. The van der Waals surface area contributed by atoms with Crippen LogP contribution in [0.1, 0.15) is 5.56 Å². The number of benzene rings is 2. The maximum Gasteiger partial charge on any atom is 0.106 e. The zero-order valence-corrected chi connectivity index (χ0v) is 14.1. The van der Waals surface area contributed by atoms with E-state index in [9.17, 15) is 0 Å². The van der Waals surface area contributed by atoms with E-state index in [2.05, 4.69) is 26.2 Å². The van der Waals surface area contributed by atoms with E-state index in [0.29, 0.717) is 16.6 Å². The predicted molar refractivity (Wildman–Crippen MR) is 91.1 cm³/mol. The molecule has 3 aromatic rings. The Labute approximate surface area is 138 Å². The first kappa shape index (κ1) is 14.1. The van der Waals surface area contributed by atoms with E-state index in [1.54, 1.807) is 11.3 Å². The summed E-state index contributed by atoms with van der Waals surface area (Å²) >= 11 is 17.4. The largest absolute Gasteiger partial charge is 0.378 e. The molecule has 1 aromatic heterocycles. The third-order valence-electron chi connectivity index (χ3n) is 2.91. The Balaban J connectivity index is 1.92. The van der Waals surface area contributed by atoms with Crippen LogP contribution in [0.5, 0.6) is 0 Å². The minimum absolute atomic E-state index is 0.623. The molecule has 20 heavy (non-hydrogen) atoms. The van der Waals surface area contributed by atoms with Crippen LogP contribution in [-0.4, -0.2) is 4.98 Å². The molecule has 0 atom stereocenters. The van der Waals surface area contributed by atoms with Crippen molar-refractivity contribution in [2.45, 2.75) is 6.54 Å². The van der Waals surface area contributed by atoms with Crippen molar-refractivity contribution in [2.24, 2.45) is 0 Å². The second kappa shape index (κ2) is 5.90. The molecule has 0 fully saturated rings. The van der Waals surface area contributed by atoms with Crippen molar-refractivity contribution < 1.29 is 0 Å². The third kappa shape index (κ3) is 2.79. The van der Waals surface area contributed by atoms with Gasteiger partial charge in [0.15, 0.2) is 0 Å². The molecule has 0 aliphatic rings. The van der Waals surface area contributed by atoms with Crippen LogP contribution >= 0.6 is 50.5 Å². The molecule has 0 radical (unpaired) electrons. The van der Waals surface area contributed by atoms with Crippen molar-refractivity contribution in [3.8, 4) is 0 Å². The number of anilines is 1. The number of thiazole rings is 1. The Morgan fingerprint density at radius 3 is 2.90 bits per heavy atom. The maximum atomic E-state index is 6.26. The van der Waals surface area contributed by atoms with Gasteiger partial charge in [0.05, 0.1) is 20.9 Å². The molecule has 0 spiro atoms. The van der Waals surface area contributed by atoms with Crippen LogP contribution in [0.4, 0.5) is 5.69 Å². The molecule has 2 aromatic carbocycles. The van der Waals surface area contributed by atoms with Gasteiger partial charge in [-0.25, -0.2) is 4.98 Å².